The Hall–Kier alpha value is -1.92. The number of rotatable bonds is 7. The van der Waals surface area contributed by atoms with Crippen LogP contribution in [0.3, 0.4) is 0 Å². The summed E-state index contributed by atoms with van der Waals surface area (Å²) in [5, 5.41) is 21.2. The number of hydrogen-bond donors (Lipinski definition) is 3. The van der Waals surface area contributed by atoms with E-state index in [0.29, 0.717) is 18.4 Å². The molecule has 1 aliphatic carbocycles. The number of carboxylic acids is 1. The lowest BCUT2D eigenvalue weighted by molar-refractivity contribution is -0.997. The van der Waals surface area contributed by atoms with Gasteiger partial charge in [0.2, 0.25) is 5.91 Å². The molecule has 1 saturated heterocycles. The van der Waals surface area contributed by atoms with Crippen molar-refractivity contribution in [1.82, 2.24) is 0 Å². The number of nitrogens with one attached hydrogen (secondary N) is 1. The SMILES string of the molecule is C[N+]1(Cc2ccc(NC(=O)CCCC(=O)O)cc2)C[C@@H]2C[C@H](O)CC[C@@H]21. The molecular weight excluding hydrogens is 332 g/mol. The maximum Gasteiger partial charge on any atom is 0.303 e. The van der Waals surface area contributed by atoms with Crippen molar-refractivity contribution in [2.45, 2.75) is 57.2 Å². The van der Waals surface area contributed by atoms with Gasteiger partial charge < -0.3 is 20.0 Å². The summed E-state index contributed by atoms with van der Waals surface area (Å²) in [6.07, 6.45) is 3.45. The Morgan fingerprint density at radius 3 is 2.58 bits per heavy atom. The number of nitrogens with zero attached hydrogens (tertiary/aromatic N) is 1. The van der Waals surface area contributed by atoms with E-state index in [9.17, 15) is 14.7 Å². The smallest absolute Gasteiger partial charge is 0.303 e. The van der Waals surface area contributed by atoms with E-state index >= 15 is 0 Å². The van der Waals surface area contributed by atoms with E-state index in [0.717, 1.165) is 42.5 Å². The minimum atomic E-state index is -0.875. The van der Waals surface area contributed by atoms with E-state index in [1.807, 2.05) is 12.1 Å². The van der Waals surface area contributed by atoms with Crippen molar-refractivity contribution in [2.24, 2.45) is 5.92 Å². The molecule has 2 aliphatic rings. The normalized spacial score (nSPS) is 30.2. The number of amides is 1. The molecule has 0 bridgehead atoms. The zero-order chi connectivity index (χ0) is 18.7. The van der Waals surface area contributed by atoms with E-state index in [4.69, 9.17) is 5.11 Å². The molecule has 6 heteroatoms. The number of benzene rings is 1. The molecule has 1 aromatic carbocycles. The number of aliphatic hydroxyl groups is 1. The Bertz CT molecular complexity index is 660. The molecule has 26 heavy (non-hydrogen) atoms. The fraction of sp³-hybridized carbons (Fsp3) is 0.600. The first-order chi connectivity index (χ1) is 12.4. The number of carbonyl (C=O) groups is 2. The summed E-state index contributed by atoms with van der Waals surface area (Å²) in [4.78, 5) is 22.3. The van der Waals surface area contributed by atoms with Gasteiger partial charge >= 0.3 is 5.97 Å². The fourth-order valence-corrected chi connectivity index (χ4v) is 4.69. The van der Waals surface area contributed by atoms with Crippen LogP contribution in [0.2, 0.25) is 0 Å². The molecule has 1 aliphatic heterocycles. The van der Waals surface area contributed by atoms with Crippen LogP contribution >= 0.6 is 0 Å². The predicted octanol–water partition coefficient (Wildman–Crippen LogP) is 2.37. The molecule has 1 amide bonds. The van der Waals surface area contributed by atoms with Crippen LogP contribution in [0.15, 0.2) is 24.3 Å². The van der Waals surface area contributed by atoms with Crippen LogP contribution in [0.25, 0.3) is 0 Å². The highest BCUT2D eigenvalue weighted by Gasteiger charge is 2.53. The van der Waals surface area contributed by atoms with Crippen LogP contribution in [0, 0.1) is 5.92 Å². The molecule has 6 nitrogen and oxygen atoms in total. The summed E-state index contributed by atoms with van der Waals surface area (Å²) >= 11 is 0. The number of likely N-dealkylation sites (tertiary alicyclic amines) is 1. The first-order valence-electron chi connectivity index (χ1n) is 9.48. The summed E-state index contributed by atoms with van der Waals surface area (Å²) < 4.78 is 1.04. The van der Waals surface area contributed by atoms with Gasteiger partial charge in [-0.25, -0.2) is 0 Å². The number of carbonyl (C=O) groups excluding carboxylic acids is 1. The average molecular weight is 361 g/mol. The van der Waals surface area contributed by atoms with Crippen molar-refractivity contribution >= 4 is 17.6 Å². The molecule has 1 saturated carbocycles. The van der Waals surface area contributed by atoms with Gasteiger partial charge in [-0.05, 0) is 31.4 Å². The minimum absolute atomic E-state index is 0.0159. The van der Waals surface area contributed by atoms with Crippen LogP contribution < -0.4 is 5.32 Å². The van der Waals surface area contributed by atoms with Crippen molar-refractivity contribution in [2.75, 3.05) is 18.9 Å². The van der Waals surface area contributed by atoms with E-state index in [2.05, 4.69) is 24.5 Å². The summed E-state index contributed by atoms with van der Waals surface area (Å²) in [5.74, 6) is -0.364. The lowest BCUT2D eigenvalue weighted by Gasteiger charge is -2.57. The van der Waals surface area contributed by atoms with Crippen LogP contribution in [0.4, 0.5) is 5.69 Å². The maximum atomic E-state index is 11.8. The number of carboxylic acid groups (broad SMARTS) is 1. The molecule has 2 fully saturated rings. The molecule has 0 spiro atoms. The van der Waals surface area contributed by atoms with E-state index in [1.165, 1.54) is 5.56 Å². The molecule has 0 radical (unpaired) electrons. The summed E-state index contributed by atoms with van der Waals surface area (Å²) in [5.41, 5.74) is 2.00. The Kier molecular flexibility index (Phi) is 5.63. The lowest BCUT2D eigenvalue weighted by atomic mass is 9.73. The Morgan fingerprint density at radius 2 is 1.92 bits per heavy atom. The van der Waals surface area contributed by atoms with Gasteiger partial charge in [-0.3, -0.25) is 9.59 Å². The van der Waals surface area contributed by atoms with Crippen LogP contribution in [0.1, 0.15) is 44.1 Å². The van der Waals surface area contributed by atoms with Crippen LogP contribution in [-0.4, -0.2) is 52.3 Å². The van der Waals surface area contributed by atoms with Gasteiger partial charge in [0.25, 0.3) is 0 Å². The van der Waals surface area contributed by atoms with Gasteiger partial charge in [-0.15, -0.1) is 0 Å². The van der Waals surface area contributed by atoms with E-state index in [-0.39, 0.29) is 24.9 Å². The Balaban J connectivity index is 1.49. The highest BCUT2D eigenvalue weighted by molar-refractivity contribution is 5.90. The molecule has 0 aromatic heterocycles. The Labute approximate surface area is 154 Å². The van der Waals surface area contributed by atoms with Gasteiger partial charge in [0, 0.05) is 30.5 Å². The number of anilines is 1. The van der Waals surface area contributed by atoms with E-state index < -0.39 is 5.97 Å². The molecule has 142 valence electrons. The third-order valence-electron chi connectivity index (χ3n) is 5.94. The third-order valence-corrected chi connectivity index (χ3v) is 5.94. The zero-order valence-electron chi connectivity index (χ0n) is 15.4. The number of fused-ring (bicyclic) bond motifs is 1. The molecule has 3 N–H and O–H groups in total. The van der Waals surface area contributed by atoms with Crippen molar-refractivity contribution in [3.05, 3.63) is 29.8 Å². The molecule has 1 unspecified atom stereocenters. The van der Waals surface area contributed by atoms with Gasteiger partial charge in [0.15, 0.2) is 0 Å². The topological polar surface area (TPSA) is 86.6 Å². The third kappa shape index (κ3) is 4.43. The highest BCUT2D eigenvalue weighted by Crippen LogP contribution is 2.43. The molecule has 4 atom stereocenters. The number of hydrogen-bond acceptors (Lipinski definition) is 3. The van der Waals surface area contributed by atoms with Crippen LogP contribution in [-0.2, 0) is 16.1 Å². The monoisotopic (exact) mass is 361 g/mol. The van der Waals surface area contributed by atoms with E-state index in [1.54, 1.807) is 0 Å². The summed E-state index contributed by atoms with van der Waals surface area (Å²) in [7, 11) is 2.30. The summed E-state index contributed by atoms with van der Waals surface area (Å²) in [6, 6.07) is 8.60. The van der Waals surface area contributed by atoms with Gasteiger partial charge in [0.05, 0.1) is 31.7 Å². The van der Waals surface area contributed by atoms with Gasteiger partial charge in [0.1, 0.15) is 6.54 Å². The molecule has 3 rings (SSSR count). The molecular formula is C20H29N2O4+. The first kappa shape index (κ1) is 18.9. The Morgan fingerprint density at radius 1 is 1.19 bits per heavy atom. The van der Waals surface area contributed by atoms with Gasteiger partial charge in [-0.1, -0.05) is 12.1 Å². The number of quaternary nitrogens is 1. The summed E-state index contributed by atoms with van der Waals surface area (Å²) in [6.45, 7) is 2.11. The minimum Gasteiger partial charge on any atom is -0.481 e. The lowest BCUT2D eigenvalue weighted by Crippen LogP contribution is -2.69. The second-order valence-corrected chi connectivity index (χ2v) is 8.11. The zero-order valence-corrected chi connectivity index (χ0v) is 15.4. The van der Waals surface area contributed by atoms with Crippen molar-refractivity contribution in [3.8, 4) is 0 Å². The van der Waals surface area contributed by atoms with Crippen molar-refractivity contribution in [1.29, 1.82) is 0 Å². The maximum absolute atomic E-state index is 11.8. The highest BCUT2D eigenvalue weighted by atomic mass is 16.4. The molecule has 1 heterocycles. The largest absolute Gasteiger partial charge is 0.481 e. The number of aliphatic hydroxyl groups excluding tert-OH is 1. The second-order valence-electron chi connectivity index (χ2n) is 8.11. The molecule has 1 aromatic rings. The second kappa shape index (κ2) is 7.76. The van der Waals surface area contributed by atoms with Crippen LogP contribution in [0.5, 0.6) is 0 Å². The fourth-order valence-electron chi connectivity index (χ4n) is 4.69. The quantitative estimate of drug-likeness (QED) is 0.651. The van der Waals surface area contributed by atoms with Crippen molar-refractivity contribution in [3.63, 3.8) is 0 Å². The van der Waals surface area contributed by atoms with Gasteiger partial charge in [-0.2, -0.15) is 0 Å². The average Bonchev–Trinajstić information content (AvgIpc) is 2.55. The first-order valence-corrected chi connectivity index (χ1v) is 9.48. The predicted molar refractivity (Wildman–Crippen MR) is 98.4 cm³/mol. The standard InChI is InChI=1S/C20H28N2O4/c1-22(13-15-11-17(23)9-10-18(15)22)12-14-5-7-16(8-6-14)21-19(24)3-2-4-20(25)26/h5-8,15,17-18,23H,2-4,9-13H2,1H3,(H-,21,24,25,26)/p+1/t15-,17+,18-,22?/m0/s1. The number of aliphatic carboxylic acids is 1. The van der Waals surface area contributed by atoms with Crippen molar-refractivity contribution < 1.29 is 24.3 Å².